The molecule has 0 fully saturated rings. The molecule has 0 bridgehead atoms. The summed E-state index contributed by atoms with van der Waals surface area (Å²) in [7, 11) is 0. The van der Waals surface area contributed by atoms with Gasteiger partial charge in [0, 0.05) is 21.8 Å². The number of carbonyl (C=O) groups excluding carboxylic acids is 1. The Morgan fingerprint density at radius 1 is 0.686 bits per heavy atom. The number of nitrogens with one attached hydrogen (secondary N) is 1. The first-order valence-corrected chi connectivity index (χ1v) is 11.6. The monoisotopic (exact) mass is 475 g/mol. The predicted octanol–water partition coefficient (Wildman–Crippen LogP) is 7.23. The van der Waals surface area contributed by atoms with Crippen molar-refractivity contribution in [2.24, 2.45) is 5.10 Å². The zero-order chi connectivity index (χ0) is 24.0. The molecule has 5 heteroatoms. The highest BCUT2D eigenvalue weighted by atomic mass is 35.5. The maximum absolute atomic E-state index is 12.6. The highest BCUT2D eigenvalue weighted by Gasteiger charge is 2.14. The lowest BCUT2D eigenvalue weighted by Gasteiger charge is -2.15. The molecule has 0 unspecified atom stereocenters. The van der Waals surface area contributed by atoms with Crippen molar-refractivity contribution in [3.63, 3.8) is 0 Å². The van der Waals surface area contributed by atoms with Crippen LogP contribution >= 0.6 is 11.6 Å². The van der Waals surface area contributed by atoms with Crippen molar-refractivity contribution in [2.75, 3.05) is 0 Å². The number of hydrogen-bond acceptors (Lipinski definition) is 2. The molecule has 4 aromatic carbocycles. The summed E-state index contributed by atoms with van der Waals surface area (Å²) in [6.45, 7) is 0. The van der Waals surface area contributed by atoms with Gasteiger partial charge in [0.2, 0.25) is 0 Å². The lowest BCUT2D eigenvalue weighted by molar-refractivity contribution is 0.0955. The van der Waals surface area contributed by atoms with Gasteiger partial charge in [-0.25, -0.2) is 5.43 Å². The van der Waals surface area contributed by atoms with Gasteiger partial charge in [-0.1, -0.05) is 90.5 Å². The van der Waals surface area contributed by atoms with Crippen molar-refractivity contribution in [3.05, 3.63) is 137 Å². The zero-order valence-electron chi connectivity index (χ0n) is 18.8. The molecule has 0 aliphatic carbocycles. The summed E-state index contributed by atoms with van der Waals surface area (Å²) < 4.78 is 2.21. The second-order valence-electron chi connectivity index (χ2n) is 7.94. The third-order valence-electron chi connectivity index (χ3n) is 5.68. The number of nitrogens with zero attached hydrogens (tertiary/aromatic N) is 2. The van der Waals surface area contributed by atoms with Crippen molar-refractivity contribution >= 4 is 23.7 Å². The van der Waals surface area contributed by atoms with E-state index in [1.807, 2.05) is 66.7 Å². The molecule has 5 rings (SSSR count). The van der Waals surface area contributed by atoms with Crippen LogP contribution in [0.3, 0.4) is 0 Å². The second kappa shape index (κ2) is 10.2. The molecular weight excluding hydrogens is 454 g/mol. The summed E-state index contributed by atoms with van der Waals surface area (Å²) in [5.41, 5.74) is 9.16. The predicted molar refractivity (Wildman–Crippen MR) is 143 cm³/mol. The summed E-state index contributed by atoms with van der Waals surface area (Å²) in [4.78, 5) is 12.6. The average molecular weight is 476 g/mol. The number of carbonyl (C=O) groups is 1. The Labute approximate surface area is 209 Å². The van der Waals surface area contributed by atoms with Gasteiger partial charge >= 0.3 is 0 Å². The molecule has 5 aromatic rings. The summed E-state index contributed by atoms with van der Waals surface area (Å²) in [6.07, 6.45) is 1.53. The van der Waals surface area contributed by atoms with Crippen molar-refractivity contribution in [1.82, 2.24) is 9.99 Å². The van der Waals surface area contributed by atoms with Gasteiger partial charge < -0.3 is 4.57 Å². The molecule has 4 nitrogen and oxygen atoms in total. The third kappa shape index (κ3) is 4.93. The Morgan fingerprint density at radius 3 is 1.80 bits per heavy atom. The first kappa shape index (κ1) is 22.4. The van der Waals surface area contributed by atoms with Crippen LogP contribution in [0.2, 0.25) is 5.02 Å². The van der Waals surface area contributed by atoms with E-state index in [1.165, 1.54) is 6.21 Å². The maximum atomic E-state index is 12.6. The van der Waals surface area contributed by atoms with Crippen molar-refractivity contribution in [2.45, 2.75) is 0 Å². The molecule has 170 valence electrons. The smallest absolute Gasteiger partial charge is 0.271 e. The van der Waals surface area contributed by atoms with Crippen LogP contribution in [0.25, 0.3) is 28.2 Å². The summed E-state index contributed by atoms with van der Waals surface area (Å²) >= 11 is 6.13. The Morgan fingerprint density at radius 2 is 1.23 bits per heavy atom. The number of hydrogen-bond donors (Lipinski definition) is 1. The van der Waals surface area contributed by atoms with E-state index in [-0.39, 0.29) is 5.91 Å². The van der Waals surface area contributed by atoms with E-state index >= 15 is 0 Å². The van der Waals surface area contributed by atoms with Crippen LogP contribution in [-0.2, 0) is 0 Å². The van der Waals surface area contributed by atoms with E-state index in [0.717, 1.165) is 33.8 Å². The van der Waals surface area contributed by atoms with Gasteiger partial charge in [0.05, 0.1) is 17.6 Å². The minimum absolute atomic E-state index is 0.293. The fourth-order valence-electron chi connectivity index (χ4n) is 3.95. The molecule has 1 heterocycles. The first-order valence-electron chi connectivity index (χ1n) is 11.2. The Kier molecular flexibility index (Phi) is 6.55. The van der Waals surface area contributed by atoms with Crippen molar-refractivity contribution in [1.29, 1.82) is 0 Å². The van der Waals surface area contributed by atoms with Gasteiger partial charge in [0.1, 0.15) is 0 Å². The molecule has 1 amide bonds. The SMILES string of the molecule is O=C(N/N=C\c1ccccc1Cl)c1ccc(-n2c(-c3ccccc3)ccc2-c2ccccc2)cc1. The highest BCUT2D eigenvalue weighted by Crippen LogP contribution is 2.32. The van der Waals surface area contributed by atoms with E-state index in [9.17, 15) is 4.79 Å². The molecule has 1 aromatic heterocycles. The fourth-order valence-corrected chi connectivity index (χ4v) is 4.13. The van der Waals surface area contributed by atoms with E-state index in [1.54, 1.807) is 18.2 Å². The highest BCUT2D eigenvalue weighted by molar-refractivity contribution is 6.33. The molecule has 1 N–H and O–H groups in total. The van der Waals surface area contributed by atoms with E-state index < -0.39 is 0 Å². The van der Waals surface area contributed by atoms with Crippen molar-refractivity contribution in [3.8, 4) is 28.2 Å². The van der Waals surface area contributed by atoms with Gasteiger partial charge in [0.25, 0.3) is 5.91 Å². The lowest BCUT2D eigenvalue weighted by atomic mass is 10.1. The number of hydrazone groups is 1. The van der Waals surface area contributed by atoms with Crippen molar-refractivity contribution < 1.29 is 4.79 Å². The Hall–Kier alpha value is -4.41. The largest absolute Gasteiger partial charge is 0.309 e. The van der Waals surface area contributed by atoms with E-state index in [4.69, 9.17) is 11.6 Å². The zero-order valence-corrected chi connectivity index (χ0v) is 19.6. The minimum Gasteiger partial charge on any atom is -0.309 e. The lowest BCUT2D eigenvalue weighted by Crippen LogP contribution is -2.17. The third-order valence-corrected chi connectivity index (χ3v) is 6.03. The molecule has 0 saturated heterocycles. The summed E-state index contributed by atoms with van der Waals surface area (Å²) in [5, 5.41) is 4.62. The second-order valence-corrected chi connectivity index (χ2v) is 8.35. The number of rotatable bonds is 6. The van der Waals surface area contributed by atoms with Gasteiger partial charge in [0.15, 0.2) is 0 Å². The van der Waals surface area contributed by atoms with Crippen LogP contribution in [0.4, 0.5) is 0 Å². The summed E-state index contributed by atoms with van der Waals surface area (Å²) in [6, 6.07) is 39.6. The summed E-state index contributed by atoms with van der Waals surface area (Å²) in [5.74, 6) is -0.293. The van der Waals surface area contributed by atoms with Gasteiger partial charge in [-0.15, -0.1) is 0 Å². The van der Waals surface area contributed by atoms with Gasteiger partial charge in [-0.3, -0.25) is 4.79 Å². The molecule has 0 aliphatic rings. The molecule has 0 saturated carbocycles. The maximum Gasteiger partial charge on any atom is 0.271 e. The van der Waals surface area contributed by atoms with Crippen LogP contribution in [0.15, 0.2) is 126 Å². The fraction of sp³-hybridized carbons (Fsp3) is 0. The molecule has 0 radical (unpaired) electrons. The van der Waals surface area contributed by atoms with E-state index in [2.05, 4.69) is 51.5 Å². The quantitative estimate of drug-likeness (QED) is 0.204. The van der Waals surface area contributed by atoms with E-state index in [0.29, 0.717) is 10.6 Å². The molecule has 0 aliphatic heterocycles. The number of halogens is 1. The average Bonchev–Trinajstić information content (AvgIpc) is 3.36. The van der Waals surface area contributed by atoms with Gasteiger partial charge in [-0.2, -0.15) is 5.10 Å². The van der Waals surface area contributed by atoms with Gasteiger partial charge in [-0.05, 0) is 53.6 Å². The van der Waals surface area contributed by atoms with Crippen LogP contribution in [0, 0.1) is 0 Å². The Balaban J connectivity index is 1.44. The minimum atomic E-state index is -0.293. The normalized spacial score (nSPS) is 11.0. The number of benzene rings is 4. The van der Waals surface area contributed by atoms with Crippen LogP contribution in [0.5, 0.6) is 0 Å². The first-order chi connectivity index (χ1) is 17.2. The topological polar surface area (TPSA) is 46.4 Å². The Bertz CT molecular complexity index is 1420. The molecule has 0 atom stereocenters. The molecular formula is C30H22ClN3O. The molecule has 0 spiro atoms. The number of amides is 1. The standard InChI is InChI=1S/C30H22ClN3O/c31-27-14-8-7-13-25(27)21-32-33-30(35)24-15-17-26(18-16-24)34-28(22-9-3-1-4-10-22)19-20-29(34)23-11-5-2-6-12-23/h1-21H,(H,33,35)/b32-21-. The van der Waals surface area contributed by atoms with Crippen LogP contribution in [-0.4, -0.2) is 16.7 Å². The number of aromatic nitrogens is 1. The van der Waals surface area contributed by atoms with Crippen LogP contribution in [0.1, 0.15) is 15.9 Å². The van der Waals surface area contributed by atoms with Crippen LogP contribution < -0.4 is 5.43 Å². The molecule has 35 heavy (non-hydrogen) atoms.